The van der Waals surface area contributed by atoms with E-state index in [9.17, 15) is 9.59 Å². The lowest BCUT2D eigenvalue weighted by Crippen LogP contribution is -2.23. The molecule has 1 unspecified atom stereocenters. The summed E-state index contributed by atoms with van der Waals surface area (Å²) in [5, 5.41) is 6.27. The maximum absolute atomic E-state index is 12.1. The maximum Gasteiger partial charge on any atom is 0.227 e. The molecule has 2 amide bonds. The quantitative estimate of drug-likeness (QED) is 0.868. The largest absolute Gasteiger partial charge is 0.326 e. The van der Waals surface area contributed by atoms with Gasteiger partial charge in [0.2, 0.25) is 11.8 Å². The maximum atomic E-state index is 12.1. The summed E-state index contributed by atoms with van der Waals surface area (Å²) >= 11 is 0. The second kappa shape index (κ2) is 8.31. The molecule has 2 N–H and O–H groups in total. The highest BCUT2D eigenvalue weighted by Gasteiger charge is 2.22. The lowest BCUT2D eigenvalue weighted by molar-refractivity contribution is -0.117. The number of carbonyl (C=O) groups is 2. The SMILES string of the molecule is Cl.O=C(CCC1CCNC1)Nc1cccc(N2CCCC2=O)c1. The Labute approximate surface area is 143 Å². The van der Waals surface area contributed by atoms with Crippen LogP contribution in [0, 0.1) is 5.92 Å². The normalized spacial score (nSPS) is 20.4. The Bertz CT molecular complexity index is 559. The molecule has 1 atom stereocenters. The molecule has 5 nitrogen and oxygen atoms in total. The fourth-order valence-electron chi connectivity index (χ4n) is 3.19. The summed E-state index contributed by atoms with van der Waals surface area (Å²) in [5.41, 5.74) is 1.65. The molecular weight excluding hydrogens is 314 g/mol. The first kappa shape index (κ1) is 17.8. The monoisotopic (exact) mass is 337 g/mol. The van der Waals surface area contributed by atoms with Crippen molar-refractivity contribution in [3.8, 4) is 0 Å². The van der Waals surface area contributed by atoms with Gasteiger partial charge >= 0.3 is 0 Å². The fraction of sp³-hybridized carbons (Fsp3) is 0.529. The minimum atomic E-state index is 0. The minimum Gasteiger partial charge on any atom is -0.326 e. The number of anilines is 2. The number of carbonyl (C=O) groups excluding carboxylic acids is 2. The topological polar surface area (TPSA) is 61.4 Å². The van der Waals surface area contributed by atoms with E-state index in [0.29, 0.717) is 18.8 Å². The van der Waals surface area contributed by atoms with E-state index in [4.69, 9.17) is 0 Å². The van der Waals surface area contributed by atoms with Gasteiger partial charge in [0.25, 0.3) is 0 Å². The van der Waals surface area contributed by atoms with E-state index in [1.807, 2.05) is 24.3 Å². The minimum absolute atomic E-state index is 0. The third-order valence-electron chi connectivity index (χ3n) is 4.46. The van der Waals surface area contributed by atoms with Crippen LogP contribution in [-0.4, -0.2) is 31.4 Å². The van der Waals surface area contributed by atoms with E-state index < -0.39 is 0 Å². The number of amides is 2. The average molecular weight is 338 g/mol. The van der Waals surface area contributed by atoms with Gasteiger partial charge < -0.3 is 15.5 Å². The van der Waals surface area contributed by atoms with Gasteiger partial charge in [0.15, 0.2) is 0 Å². The first-order valence-electron chi connectivity index (χ1n) is 8.13. The van der Waals surface area contributed by atoms with Crippen molar-refractivity contribution in [1.29, 1.82) is 0 Å². The zero-order chi connectivity index (χ0) is 15.4. The van der Waals surface area contributed by atoms with E-state index >= 15 is 0 Å². The zero-order valence-corrected chi connectivity index (χ0v) is 14.0. The summed E-state index contributed by atoms with van der Waals surface area (Å²) in [6.07, 6.45) is 4.18. The predicted molar refractivity (Wildman–Crippen MR) is 94.1 cm³/mol. The molecule has 0 bridgehead atoms. The number of rotatable bonds is 5. The molecule has 2 heterocycles. The Morgan fingerprint density at radius 2 is 2.26 bits per heavy atom. The molecule has 0 aliphatic carbocycles. The zero-order valence-electron chi connectivity index (χ0n) is 13.2. The summed E-state index contributed by atoms with van der Waals surface area (Å²) in [6.45, 7) is 2.86. The highest BCUT2D eigenvalue weighted by atomic mass is 35.5. The number of benzene rings is 1. The molecule has 2 fully saturated rings. The van der Waals surface area contributed by atoms with Crippen LogP contribution in [0.2, 0.25) is 0 Å². The number of hydrogen-bond donors (Lipinski definition) is 2. The molecule has 0 saturated carbocycles. The second-order valence-corrected chi connectivity index (χ2v) is 6.14. The Balaban J connectivity index is 0.00000192. The van der Waals surface area contributed by atoms with Crippen LogP contribution in [0.4, 0.5) is 11.4 Å². The molecule has 0 spiro atoms. The van der Waals surface area contributed by atoms with Gasteiger partial charge in [-0.2, -0.15) is 0 Å². The summed E-state index contributed by atoms with van der Waals surface area (Å²) < 4.78 is 0. The first-order valence-corrected chi connectivity index (χ1v) is 8.13. The molecule has 0 radical (unpaired) electrons. The van der Waals surface area contributed by atoms with E-state index in [1.165, 1.54) is 6.42 Å². The molecular formula is C17H24ClN3O2. The van der Waals surface area contributed by atoms with Crippen LogP contribution in [0.3, 0.4) is 0 Å². The number of halogens is 1. The molecule has 2 aliphatic rings. The van der Waals surface area contributed by atoms with Gasteiger partial charge in [0.05, 0.1) is 0 Å². The smallest absolute Gasteiger partial charge is 0.227 e. The summed E-state index contributed by atoms with van der Waals surface area (Å²) in [7, 11) is 0. The van der Waals surface area contributed by atoms with Crippen molar-refractivity contribution in [2.24, 2.45) is 5.92 Å². The lowest BCUT2D eigenvalue weighted by Gasteiger charge is -2.17. The molecule has 23 heavy (non-hydrogen) atoms. The van der Waals surface area contributed by atoms with E-state index in [-0.39, 0.29) is 24.2 Å². The van der Waals surface area contributed by atoms with E-state index in [2.05, 4.69) is 10.6 Å². The number of nitrogens with one attached hydrogen (secondary N) is 2. The van der Waals surface area contributed by atoms with Crippen LogP contribution >= 0.6 is 12.4 Å². The summed E-state index contributed by atoms with van der Waals surface area (Å²) in [6, 6.07) is 7.57. The predicted octanol–water partition coefficient (Wildman–Crippen LogP) is 2.56. The van der Waals surface area contributed by atoms with E-state index in [1.54, 1.807) is 4.90 Å². The second-order valence-electron chi connectivity index (χ2n) is 6.14. The van der Waals surface area contributed by atoms with Crippen molar-refractivity contribution in [3.05, 3.63) is 24.3 Å². The van der Waals surface area contributed by atoms with Gasteiger partial charge in [-0.05, 0) is 56.5 Å². The van der Waals surface area contributed by atoms with Gasteiger partial charge in [-0.3, -0.25) is 9.59 Å². The van der Waals surface area contributed by atoms with E-state index in [0.717, 1.165) is 43.9 Å². The van der Waals surface area contributed by atoms with Crippen LogP contribution in [-0.2, 0) is 9.59 Å². The molecule has 126 valence electrons. The van der Waals surface area contributed by atoms with Crippen LogP contribution in [0.5, 0.6) is 0 Å². The molecule has 3 rings (SSSR count). The fourth-order valence-corrected chi connectivity index (χ4v) is 3.19. The van der Waals surface area contributed by atoms with Crippen molar-refractivity contribution in [2.75, 3.05) is 29.9 Å². The van der Waals surface area contributed by atoms with Gasteiger partial charge in [-0.15, -0.1) is 12.4 Å². The van der Waals surface area contributed by atoms with Crippen molar-refractivity contribution >= 4 is 35.6 Å². The Morgan fingerprint density at radius 1 is 1.39 bits per heavy atom. The Kier molecular flexibility index (Phi) is 6.42. The molecule has 1 aromatic rings. The number of hydrogen-bond acceptors (Lipinski definition) is 3. The van der Waals surface area contributed by atoms with Gasteiger partial charge in [0.1, 0.15) is 0 Å². The molecule has 2 aliphatic heterocycles. The Hall–Kier alpha value is -1.59. The summed E-state index contributed by atoms with van der Waals surface area (Å²) in [4.78, 5) is 25.6. The highest BCUT2D eigenvalue weighted by Crippen LogP contribution is 2.24. The third-order valence-corrected chi connectivity index (χ3v) is 4.46. The summed E-state index contributed by atoms with van der Waals surface area (Å²) in [5.74, 6) is 0.841. The molecule has 1 aromatic carbocycles. The van der Waals surface area contributed by atoms with Crippen molar-refractivity contribution in [3.63, 3.8) is 0 Å². The van der Waals surface area contributed by atoms with Crippen molar-refractivity contribution < 1.29 is 9.59 Å². The molecule has 6 heteroatoms. The van der Waals surface area contributed by atoms with Crippen LogP contribution < -0.4 is 15.5 Å². The van der Waals surface area contributed by atoms with Crippen molar-refractivity contribution in [1.82, 2.24) is 5.32 Å². The van der Waals surface area contributed by atoms with Crippen LogP contribution in [0.1, 0.15) is 32.1 Å². The Morgan fingerprint density at radius 3 is 2.96 bits per heavy atom. The molecule has 0 aromatic heterocycles. The van der Waals surface area contributed by atoms with Gasteiger partial charge in [-0.25, -0.2) is 0 Å². The van der Waals surface area contributed by atoms with Crippen LogP contribution in [0.15, 0.2) is 24.3 Å². The average Bonchev–Trinajstić information content (AvgIpc) is 3.16. The molecule has 2 saturated heterocycles. The third kappa shape index (κ3) is 4.69. The van der Waals surface area contributed by atoms with Gasteiger partial charge in [-0.1, -0.05) is 6.07 Å². The standard InChI is InChI=1S/C17H23N3O2.ClH/c21-16(7-6-13-8-9-18-12-13)19-14-3-1-4-15(11-14)20-10-2-5-17(20)22;/h1,3-4,11,13,18H,2,5-10,12H2,(H,19,21);1H. The van der Waals surface area contributed by atoms with Crippen LogP contribution in [0.25, 0.3) is 0 Å². The number of nitrogens with zero attached hydrogens (tertiary/aromatic N) is 1. The lowest BCUT2D eigenvalue weighted by atomic mass is 10.0. The highest BCUT2D eigenvalue weighted by molar-refractivity contribution is 5.97. The first-order chi connectivity index (χ1) is 10.7. The van der Waals surface area contributed by atoms with Gasteiger partial charge in [0, 0.05) is 30.8 Å². The van der Waals surface area contributed by atoms with Crippen molar-refractivity contribution in [2.45, 2.75) is 32.1 Å².